The molecule has 1 unspecified atom stereocenters. The van der Waals surface area contributed by atoms with Crippen LogP contribution in [0, 0.1) is 0 Å². The van der Waals surface area contributed by atoms with Crippen molar-refractivity contribution in [1.82, 2.24) is 4.98 Å². The Morgan fingerprint density at radius 2 is 1.47 bits per heavy atom. The first kappa shape index (κ1) is 17.6. The molecular formula is C30H22N2. The van der Waals surface area contributed by atoms with Crippen molar-refractivity contribution in [2.24, 2.45) is 0 Å². The molecule has 0 saturated carbocycles. The topological polar surface area (TPSA) is 19.0 Å². The number of rotatable bonds is 2. The van der Waals surface area contributed by atoms with Gasteiger partial charge in [-0.1, -0.05) is 66.7 Å². The van der Waals surface area contributed by atoms with Gasteiger partial charge in [0, 0.05) is 44.8 Å². The summed E-state index contributed by atoms with van der Waals surface area (Å²) in [5.41, 5.74) is 10.4. The summed E-state index contributed by atoms with van der Waals surface area (Å²) in [6.07, 6.45) is 5.67. The molecular weight excluding hydrogens is 388 g/mol. The van der Waals surface area contributed by atoms with E-state index < -0.39 is 0 Å². The minimum Gasteiger partial charge on any atom is -0.355 e. The molecule has 1 N–H and O–H groups in total. The fourth-order valence-corrected chi connectivity index (χ4v) is 5.45. The highest BCUT2D eigenvalue weighted by Gasteiger charge is 2.36. The number of aromatic amines is 1. The Bertz CT molecular complexity index is 1550. The second-order valence-electron chi connectivity index (χ2n) is 8.70. The predicted molar refractivity (Wildman–Crippen MR) is 134 cm³/mol. The average Bonchev–Trinajstić information content (AvgIpc) is 3.39. The summed E-state index contributed by atoms with van der Waals surface area (Å²) in [5, 5.41) is 2.59. The Morgan fingerprint density at radius 1 is 0.688 bits per heavy atom. The van der Waals surface area contributed by atoms with Gasteiger partial charge in [0.25, 0.3) is 0 Å². The number of nitrogens with zero attached hydrogens (tertiary/aromatic N) is 1. The Balaban J connectivity index is 1.35. The molecule has 1 aromatic heterocycles. The van der Waals surface area contributed by atoms with Gasteiger partial charge in [0.05, 0.1) is 0 Å². The zero-order valence-electron chi connectivity index (χ0n) is 17.6. The van der Waals surface area contributed by atoms with Crippen LogP contribution in [0.5, 0.6) is 0 Å². The molecule has 32 heavy (non-hydrogen) atoms. The van der Waals surface area contributed by atoms with E-state index in [9.17, 15) is 0 Å². The van der Waals surface area contributed by atoms with Gasteiger partial charge in [0.2, 0.25) is 0 Å². The van der Waals surface area contributed by atoms with Gasteiger partial charge in [-0.15, -0.1) is 0 Å². The van der Waals surface area contributed by atoms with Crippen LogP contribution in [0.25, 0.3) is 27.4 Å². The minimum atomic E-state index is 0.380. The van der Waals surface area contributed by atoms with E-state index >= 15 is 0 Å². The Hall–Kier alpha value is -4.04. The van der Waals surface area contributed by atoms with Gasteiger partial charge < -0.3 is 9.88 Å². The van der Waals surface area contributed by atoms with E-state index in [2.05, 4.69) is 119 Å². The summed E-state index contributed by atoms with van der Waals surface area (Å²) in [7, 11) is 0. The first-order chi connectivity index (χ1) is 15.9. The molecule has 0 spiro atoms. The Morgan fingerprint density at radius 3 is 2.41 bits per heavy atom. The van der Waals surface area contributed by atoms with Crippen LogP contribution in [0.4, 0.5) is 11.4 Å². The van der Waals surface area contributed by atoms with Crippen LogP contribution in [-0.2, 0) is 0 Å². The van der Waals surface area contributed by atoms with Crippen LogP contribution in [0.3, 0.4) is 0 Å². The number of nitrogens with one attached hydrogen (secondary N) is 1. The highest BCUT2D eigenvalue weighted by Crippen LogP contribution is 2.52. The van der Waals surface area contributed by atoms with Crippen molar-refractivity contribution in [1.29, 1.82) is 0 Å². The maximum Gasteiger partial charge on any atom is 0.0497 e. The fraction of sp³-hybridized carbons (Fsp3) is 0.0667. The van der Waals surface area contributed by atoms with Gasteiger partial charge in [-0.05, 0) is 65.6 Å². The third kappa shape index (κ3) is 2.53. The summed E-state index contributed by atoms with van der Waals surface area (Å²) in [5.74, 6) is 0.380. The molecule has 2 heteroatoms. The van der Waals surface area contributed by atoms with Gasteiger partial charge in [-0.25, -0.2) is 0 Å². The third-order valence-electron chi connectivity index (χ3n) is 6.94. The summed E-state index contributed by atoms with van der Waals surface area (Å²) in [6, 6.07) is 35.0. The molecule has 2 heterocycles. The SMILES string of the molecule is C1=C(c2ccc3[nH]c4ccccc4c3c2)CC2C(=C1)N(c1ccccc1)c1ccccc12. The van der Waals surface area contributed by atoms with E-state index in [0.29, 0.717) is 5.92 Å². The van der Waals surface area contributed by atoms with E-state index in [0.717, 1.165) is 6.42 Å². The van der Waals surface area contributed by atoms with E-state index in [4.69, 9.17) is 0 Å². The van der Waals surface area contributed by atoms with Crippen molar-refractivity contribution in [3.63, 3.8) is 0 Å². The first-order valence-corrected chi connectivity index (χ1v) is 11.2. The Kier molecular flexibility index (Phi) is 3.71. The molecule has 4 aromatic carbocycles. The van der Waals surface area contributed by atoms with Crippen molar-refractivity contribution in [2.45, 2.75) is 12.3 Å². The zero-order chi connectivity index (χ0) is 21.1. The minimum absolute atomic E-state index is 0.380. The molecule has 2 aliphatic rings. The summed E-state index contributed by atoms with van der Waals surface area (Å²) < 4.78 is 0. The molecule has 0 amide bonds. The quantitative estimate of drug-likeness (QED) is 0.313. The molecule has 0 radical (unpaired) electrons. The van der Waals surface area contributed by atoms with Crippen LogP contribution in [0.15, 0.2) is 115 Å². The van der Waals surface area contributed by atoms with Crippen molar-refractivity contribution < 1.29 is 0 Å². The number of H-pyrrole nitrogens is 1. The number of hydrogen-bond acceptors (Lipinski definition) is 1. The molecule has 7 rings (SSSR count). The third-order valence-corrected chi connectivity index (χ3v) is 6.94. The number of benzene rings is 4. The molecule has 5 aromatic rings. The molecule has 2 nitrogen and oxygen atoms in total. The number of anilines is 2. The molecule has 0 saturated heterocycles. The smallest absolute Gasteiger partial charge is 0.0497 e. The highest BCUT2D eigenvalue weighted by molar-refractivity contribution is 6.08. The Labute approximate surface area is 187 Å². The van der Waals surface area contributed by atoms with Gasteiger partial charge >= 0.3 is 0 Å². The second kappa shape index (κ2) is 6.73. The predicted octanol–water partition coefficient (Wildman–Crippen LogP) is 7.93. The van der Waals surface area contributed by atoms with Crippen molar-refractivity contribution in [3.8, 4) is 0 Å². The van der Waals surface area contributed by atoms with Crippen molar-refractivity contribution >= 4 is 38.8 Å². The van der Waals surface area contributed by atoms with Gasteiger partial charge in [0.1, 0.15) is 0 Å². The number of aromatic nitrogens is 1. The lowest BCUT2D eigenvalue weighted by Crippen LogP contribution is -2.15. The van der Waals surface area contributed by atoms with E-state index in [1.807, 2.05) is 0 Å². The maximum absolute atomic E-state index is 3.54. The number of para-hydroxylation sites is 3. The summed E-state index contributed by atoms with van der Waals surface area (Å²) >= 11 is 0. The second-order valence-corrected chi connectivity index (χ2v) is 8.70. The summed E-state index contributed by atoms with van der Waals surface area (Å²) in [6.45, 7) is 0. The molecule has 1 aliphatic heterocycles. The normalized spacial score (nSPS) is 17.2. The lowest BCUT2D eigenvalue weighted by Gasteiger charge is -2.26. The zero-order valence-corrected chi connectivity index (χ0v) is 17.6. The molecule has 152 valence electrons. The number of fused-ring (bicyclic) bond motifs is 6. The van der Waals surface area contributed by atoms with Crippen molar-refractivity contribution in [2.75, 3.05) is 4.90 Å². The first-order valence-electron chi connectivity index (χ1n) is 11.2. The molecule has 1 atom stereocenters. The average molecular weight is 411 g/mol. The van der Waals surface area contributed by atoms with Crippen LogP contribution >= 0.6 is 0 Å². The van der Waals surface area contributed by atoms with Crippen LogP contribution in [0.1, 0.15) is 23.5 Å². The van der Waals surface area contributed by atoms with Crippen molar-refractivity contribution in [3.05, 3.63) is 126 Å². The maximum atomic E-state index is 3.54. The van der Waals surface area contributed by atoms with Gasteiger partial charge in [0.15, 0.2) is 0 Å². The van der Waals surface area contributed by atoms with Gasteiger partial charge in [-0.2, -0.15) is 0 Å². The van der Waals surface area contributed by atoms with E-state index in [-0.39, 0.29) is 0 Å². The lowest BCUT2D eigenvalue weighted by atomic mass is 9.84. The highest BCUT2D eigenvalue weighted by atomic mass is 15.2. The van der Waals surface area contributed by atoms with E-state index in [1.165, 1.54) is 55.6 Å². The molecule has 1 aliphatic carbocycles. The van der Waals surface area contributed by atoms with Gasteiger partial charge in [-0.3, -0.25) is 0 Å². The van der Waals surface area contributed by atoms with E-state index in [1.54, 1.807) is 0 Å². The van der Waals surface area contributed by atoms with Crippen LogP contribution in [-0.4, -0.2) is 4.98 Å². The standard InChI is InChI=1S/C30H22N2/c1-2-8-22(9-3-1)32-29-13-7-5-11-24(29)26-19-21(15-17-30(26)32)20-14-16-28-25(18-20)23-10-4-6-12-27(23)31-28/h1-18,26,31H,19H2. The lowest BCUT2D eigenvalue weighted by molar-refractivity contribution is 0.832. The number of hydrogen-bond donors (Lipinski definition) is 1. The summed E-state index contributed by atoms with van der Waals surface area (Å²) in [4.78, 5) is 5.97. The monoisotopic (exact) mass is 410 g/mol. The fourth-order valence-electron chi connectivity index (χ4n) is 5.45. The van der Waals surface area contributed by atoms with Crippen LogP contribution < -0.4 is 4.90 Å². The van der Waals surface area contributed by atoms with Crippen LogP contribution in [0.2, 0.25) is 0 Å². The molecule has 0 fully saturated rings. The number of allylic oxidation sites excluding steroid dienone is 4. The largest absolute Gasteiger partial charge is 0.355 e. The molecule has 0 bridgehead atoms.